The van der Waals surface area contributed by atoms with Gasteiger partial charge in [0.05, 0.1) is 28.0 Å². The molecule has 2 aromatic rings. The van der Waals surface area contributed by atoms with Crippen LogP contribution >= 0.6 is 0 Å². The van der Waals surface area contributed by atoms with Gasteiger partial charge in [-0.15, -0.1) is 0 Å². The summed E-state index contributed by atoms with van der Waals surface area (Å²) in [6.45, 7) is 1.55. The minimum Gasteiger partial charge on any atom is -0.321 e. The molecule has 0 saturated heterocycles. The van der Waals surface area contributed by atoms with Gasteiger partial charge in [-0.3, -0.25) is 4.79 Å². The minimum absolute atomic E-state index is 0.0518. The molecule has 5 nitrogen and oxygen atoms in total. The molecule has 2 aromatic carbocycles. The van der Waals surface area contributed by atoms with Gasteiger partial charge in [0.15, 0.2) is 9.84 Å². The molecule has 1 N–H and O–H groups in total. The Hall–Kier alpha value is -2.65. The van der Waals surface area contributed by atoms with Crippen LogP contribution in [0.3, 0.4) is 0 Å². The van der Waals surface area contributed by atoms with Gasteiger partial charge in [0.25, 0.3) is 5.91 Å². The van der Waals surface area contributed by atoms with Gasteiger partial charge in [0, 0.05) is 5.56 Å². The fraction of sp³-hybridized carbons (Fsp3) is 0.125. The van der Waals surface area contributed by atoms with Crippen LogP contribution in [0.25, 0.3) is 0 Å². The summed E-state index contributed by atoms with van der Waals surface area (Å²) in [5.41, 5.74) is 0.890. The lowest BCUT2D eigenvalue weighted by molar-refractivity contribution is 0.102. The van der Waals surface area contributed by atoms with Crippen molar-refractivity contribution in [3.8, 4) is 6.07 Å². The Morgan fingerprint density at radius 1 is 1.18 bits per heavy atom. The van der Waals surface area contributed by atoms with E-state index in [1.807, 2.05) is 6.07 Å². The van der Waals surface area contributed by atoms with Gasteiger partial charge >= 0.3 is 0 Å². The van der Waals surface area contributed by atoms with Gasteiger partial charge in [-0.2, -0.15) is 5.26 Å². The summed E-state index contributed by atoms with van der Waals surface area (Å²) in [5.74, 6) is -0.514. The van der Waals surface area contributed by atoms with E-state index in [2.05, 4.69) is 5.32 Å². The standard InChI is InChI=1S/C16H14N2O3S/c1-2-22(20,21)15-9-4-3-8-14(15)18-16(19)13-7-5-6-12(10-13)11-17/h3-10H,2H2,1H3,(H,18,19). The molecule has 0 radical (unpaired) electrons. The van der Waals surface area contributed by atoms with Crippen molar-refractivity contribution in [1.82, 2.24) is 0 Å². The largest absolute Gasteiger partial charge is 0.321 e. The third kappa shape index (κ3) is 3.32. The molecule has 112 valence electrons. The molecular weight excluding hydrogens is 300 g/mol. The van der Waals surface area contributed by atoms with Crippen LogP contribution in [-0.4, -0.2) is 20.1 Å². The summed E-state index contributed by atoms with van der Waals surface area (Å²) in [6, 6.07) is 14.4. The maximum absolute atomic E-state index is 12.2. The highest BCUT2D eigenvalue weighted by Crippen LogP contribution is 2.22. The number of benzene rings is 2. The SMILES string of the molecule is CCS(=O)(=O)c1ccccc1NC(=O)c1cccc(C#N)c1. The van der Waals surface area contributed by atoms with Crippen molar-refractivity contribution in [2.24, 2.45) is 0 Å². The zero-order valence-corrected chi connectivity index (χ0v) is 12.7. The van der Waals surface area contributed by atoms with Gasteiger partial charge in [-0.1, -0.05) is 25.1 Å². The minimum atomic E-state index is -3.44. The normalized spacial score (nSPS) is 10.7. The van der Waals surface area contributed by atoms with E-state index in [-0.39, 0.29) is 16.3 Å². The number of nitrogens with one attached hydrogen (secondary N) is 1. The first kappa shape index (κ1) is 15.7. The van der Waals surface area contributed by atoms with Crippen LogP contribution in [-0.2, 0) is 9.84 Å². The lowest BCUT2D eigenvalue weighted by atomic mass is 10.1. The molecule has 1 amide bonds. The molecule has 0 heterocycles. The highest BCUT2D eigenvalue weighted by molar-refractivity contribution is 7.91. The second-order valence-corrected chi connectivity index (χ2v) is 6.79. The highest BCUT2D eigenvalue weighted by atomic mass is 32.2. The molecule has 0 aliphatic heterocycles. The molecule has 0 fully saturated rings. The maximum Gasteiger partial charge on any atom is 0.255 e. The number of amides is 1. The van der Waals surface area contributed by atoms with Crippen LogP contribution in [0.1, 0.15) is 22.8 Å². The van der Waals surface area contributed by atoms with Crippen molar-refractivity contribution in [1.29, 1.82) is 5.26 Å². The Kier molecular flexibility index (Phi) is 4.59. The van der Waals surface area contributed by atoms with Crippen molar-refractivity contribution in [3.05, 3.63) is 59.7 Å². The maximum atomic E-state index is 12.2. The average molecular weight is 314 g/mol. The highest BCUT2D eigenvalue weighted by Gasteiger charge is 2.18. The molecule has 0 bridgehead atoms. The van der Waals surface area contributed by atoms with Gasteiger partial charge in [0.2, 0.25) is 0 Å². The van der Waals surface area contributed by atoms with Crippen LogP contribution in [0.4, 0.5) is 5.69 Å². The van der Waals surface area contributed by atoms with Crippen LogP contribution < -0.4 is 5.32 Å². The summed E-state index contributed by atoms with van der Waals surface area (Å²) in [4.78, 5) is 12.3. The Balaban J connectivity index is 2.36. The molecular formula is C16H14N2O3S. The van der Waals surface area contributed by atoms with E-state index in [4.69, 9.17) is 5.26 Å². The zero-order chi connectivity index (χ0) is 16.2. The van der Waals surface area contributed by atoms with Crippen molar-refractivity contribution in [2.45, 2.75) is 11.8 Å². The molecule has 22 heavy (non-hydrogen) atoms. The van der Waals surface area contributed by atoms with E-state index in [9.17, 15) is 13.2 Å². The van der Waals surface area contributed by atoms with Gasteiger partial charge < -0.3 is 5.32 Å². The molecule has 0 aliphatic rings. The number of sulfone groups is 1. The van der Waals surface area contributed by atoms with Crippen molar-refractivity contribution in [2.75, 3.05) is 11.1 Å². The number of hydrogen-bond acceptors (Lipinski definition) is 4. The van der Waals surface area contributed by atoms with E-state index in [1.54, 1.807) is 37.3 Å². The Labute approximate surface area is 129 Å². The molecule has 6 heteroatoms. The fourth-order valence-electron chi connectivity index (χ4n) is 1.92. The summed E-state index contributed by atoms with van der Waals surface area (Å²) < 4.78 is 24.1. The quantitative estimate of drug-likeness (QED) is 0.939. The van der Waals surface area contributed by atoms with E-state index in [0.717, 1.165) is 0 Å². The monoisotopic (exact) mass is 314 g/mol. The number of nitriles is 1. The van der Waals surface area contributed by atoms with Crippen LogP contribution in [0, 0.1) is 11.3 Å². The van der Waals surface area contributed by atoms with Crippen LogP contribution in [0.2, 0.25) is 0 Å². The summed E-state index contributed by atoms with van der Waals surface area (Å²) in [7, 11) is -3.44. The number of anilines is 1. The molecule has 0 aromatic heterocycles. The van der Waals surface area contributed by atoms with Crippen molar-refractivity contribution in [3.63, 3.8) is 0 Å². The summed E-state index contributed by atoms with van der Waals surface area (Å²) >= 11 is 0. The number of carbonyl (C=O) groups excluding carboxylic acids is 1. The van der Waals surface area contributed by atoms with Crippen LogP contribution in [0.5, 0.6) is 0 Å². The van der Waals surface area contributed by atoms with E-state index >= 15 is 0 Å². The van der Waals surface area contributed by atoms with Crippen molar-refractivity contribution < 1.29 is 13.2 Å². The Bertz CT molecular complexity index is 852. The predicted molar refractivity (Wildman–Crippen MR) is 83.3 cm³/mol. The number of rotatable bonds is 4. The second kappa shape index (κ2) is 6.41. The Morgan fingerprint density at radius 3 is 2.59 bits per heavy atom. The Morgan fingerprint density at radius 2 is 1.91 bits per heavy atom. The zero-order valence-electron chi connectivity index (χ0n) is 11.9. The molecule has 0 atom stereocenters. The van der Waals surface area contributed by atoms with E-state index < -0.39 is 15.7 Å². The second-order valence-electron chi connectivity index (χ2n) is 4.55. The third-order valence-electron chi connectivity index (χ3n) is 3.10. The summed E-state index contributed by atoms with van der Waals surface area (Å²) in [6.07, 6.45) is 0. The number of nitrogens with zero attached hydrogens (tertiary/aromatic N) is 1. The first-order valence-corrected chi connectivity index (χ1v) is 8.26. The number of hydrogen-bond donors (Lipinski definition) is 1. The lowest BCUT2D eigenvalue weighted by Crippen LogP contribution is -2.15. The molecule has 0 saturated carbocycles. The van der Waals surface area contributed by atoms with Gasteiger partial charge in [-0.05, 0) is 30.3 Å². The topological polar surface area (TPSA) is 87.0 Å². The lowest BCUT2D eigenvalue weighted by Gasteiger charge is -2.11. The van der Waals surface area contributed by atoms with E-state index in [0.29, 0.717) is 11.1 Å². The van der Waals surface area contributed by atoms with Crippen molar-refractivity contribution >= 4 is 21.4 Å². The first-order chi connectivity index (χ1) is 10.5. The molecule has 0 spiro atoms. The number of para-hydroxylation sites is 1. The van der Waals surface area contributed by atoms with Crippen LogP contribution in [0.15, 0.2) is 53.4 Å². The van der Waals surface area contributed by atoms with E-state index in [1.165, 1.54) is 18.2 Å². The fourth-order valence-corrected chi connectivity index (χ4v) is 2.97. The smallest absolute Gasteiger partial charge is 0.255 e. The van der Waals surface area contributed by atoms with Gasteiger partial charge in [-0.25, -0.2) is 8.42 Å². The average Bonchev–Trinajstić information content (AvgIpc) is 2.55. The summed E-state index contributed by atoms with van der Waals surface area (Å²) in [5, 5.41) is 11.4. The third-order valence-corrected chi connectivity index (χ3v) is 4.89. The van der Waals surface area contributed by atoms with Gasteiger partial charge in [0.1, 0.15) is 0 Å². The predicted octanol–water partition coefficient (Wildman–Crippen LogP) is 2.60. The first-order valence-electron chi connectivity index (χ1n) is 6.61. The molecule has 0 unspecified atom stereocenters. The molecule has 0 aliphatic carbocycles. The number of carbonyl (C=O) groups is 1. The molecule has 2 rings (SSSR count).